The van der Waals surface area contributed by atoms with E-state index < -0.39 is 6.16 Å². The Hall–Kier alpha value is -1.30. The molecule has 0 amide bonds. The molecule has 0 spiro atoms. The summed E-state index contributed by atoms with van der Waals surface area (Å²) >= 11 is 0. The lowest BCUT2D eigenvalue weighted by Crippen LogP contribution is -2.25. The van der Waals surface area contributed by atoms with Crippen LogP contribution in [-0.2, 0) is 19.0 Å². The van der Waals surface area contributed by atoms with Crippen LogP contribution in [0.15, 0.2) is 0 Å². The van der Waals surface area contributed by atoms with Crippen LogP contribution in [0.25, 0.3) is 0 Å². The highest BCUT2D eigenvalue weighted by molar-refractivity contribution is 5.69. The van der Waals surface area contributed by atoms with E-state index in [2.05, 4.69) is 25.7 Å². The van der Waals surface area contributed by atoms with Crippen LogP contribution in [0.2, 0.25) is 0 Å². The first-order valence-electron chi connectivity index (χ1n) is 18.1. The Morgan fingerprint density at radius 3 is 1.60 bits per heavy atom. The van der Waals surface area contributed by atoms with E-state index in [4.69, 9.17) is 14.2 Å². The lowest BCUT2D eigenvalue weighted by molar-refractivity contribution is -0.144. The van der Waals surface area contributed by atoms with Gasteiger partial charge >= 0.3 is 12.1 Å². The van der Waals surface area contributed by atoms with Crippen LogP contribution in [0.1, 0.15) is 175 Å². The minimum Gasteiger partial charge on any atom is -0.466 e. The maximum atomic E-state index is 12.6. The van der Waals surface area contributed by atoms with Gasteiger partial charge in [0.2, 0.25) is 0 Å². The van der Waals surface area contributed by atoms with Gasteiger partial charge in [0.15, 0.2) is 0 Å². The molecule has 0 fully saturated rings. The predicted molar refractivity (Wildman–Crippen MR) is 177 cm³/mol. The van der Waals surface area contributed by atoms with Gasteiger partial charge in [-0.15, -0.1) is 0 Å². The van der Waals surface area contributed by atoms with Gasteiger partial charge < -0.3 is 19.1 Å². The van der Waals surface area contributed by atoms with Gasteiger partial charge in [-0.2, -0.15) is 0 Å². The van der Waals surface area contributed by atoms with Gasteiger partial charge in [-0.3, -0.25) is 4.79 Å². The van der Waals surface area contributed by atoms with Gasteiger partial charge in [-0.25, -0.2) is 4.79 Å². The van der Waals surface area contributed by atoms with E-state index in [1.807, 2.05) is 14.1 Å². The van der Waals surface area contributed by atoms with E-state index in [9.17, 15) is 9.59 Å². The second kappa shape index (κ2) is 31.1. The summed E-state index contributed by atoms with van der Waals surface area (Å²) in [4.78, 5) is 27.0. The summed E-state index contributed by atoms with van der Waals surface area (Å²) in [5, 5.41) is 0. The number of esters is 1. The number of hydrogen-bond donors (Lipinski definition) is 0. The van der Waals surface area contributed by atoms with E-state index in [0.29, 0.717) is 32.0 Å². The second-order valence-corrected chi connectivity index (χ2v) is 12.7. The molecule has 0 aromatic heterocycles. The van der Waals surface area contributed by atoms with Crippen LogP contribution in [0.5, 0.6) is 0 Å². The highest BCUT2D eigenvalue weighted by Gasteiger charge is 2.22. The Bertz CT molecular complexity index is 581. The van der Waals surface area contributed by atoms with Crippen molar-refractivity contribution in [2.24, 2.45) is 5.92 Å². The first kappa shape index (κ1) is 40.7. The van der Waals surface area contributed by atoms with Crippen molar-refractivity contribution in [1.29, 1.82) is 0 Å². The molecule has 0 bridgehead atoms. The summed E-state index contributed by atoms with van der Waals surface area (Å²) in [5.74, 6) is 0.388. The summed E-state index contributed by atoms with van der Waals surface area (Å²) in [7, 11) is 4.02. The number of nitrogens with zero attached hydrogens (tertiary/aromatic N) is 1. The summed E-state index contributed by atoms with van der Waals surface area (Å²) in [5.41, 5.74) is 0. The minimum absolute atomic E-state index is 0.133. The maximum absolute atomic E-state index is 12.6. The van der Waals surface area contributed by atoms with Crippen molar-refractivity contribution < 1.29 is 23.8 Å². The van der Waals surface area contributed by atoms with E-state index in [0.717, 1.165) is 32.2 Å². The first-order chi connectivity index (χ1) is 20.4. The lowest BCUT2D eigenvalue weighted by Gasteiger charge is -2.24. The molecule has 6 heteroatoms. The molecule has 250 valence electrons. The van der Waals surface area contributed by atoms with Crippen LogP contribution in [0, 0.1) is 5.92 Å². The zero-order valence-electron chi connectivity index (χ0n) is 28.7. The average molecular weight is 598 g/mol. The fourth-order valence-corrected chi connectivity index (χ4v) is 5.54. The number of carbonyl (C=O) groups excluding carboxylic acids is 2. The minimum atomic E-state index is -0.588. The van der Waals surface area contributed by atoms with E-state index in [1.165, 1.54) is 116 Å². The first-order valence-corrected chi connectivity index (χ1v) is 18.1. The molecule has 0 radical (unpaired) electrons. The third-order valence-corrected chi connectivity index (χ3v) is 8.20. The van der Waals surface area contributed by atoms with Gasteiger partial charge in [0.1, 0.15) is 6.10 Å². The van der Waals surface area contributed by atoms with Gasteiger partial charge in [0.05, 0.1) is 13.2 Å². The number of rotatable bonds is 31. The van der Waals surface area contributed by atoms with Crippen molar-refractivity contribution in [2.45, 2.75) is 181 Å². The molecule has 6 nitrogen and oxygen atoms in total. The molecule has 0 heterocycles. The molecule has 0 aromatic rings. The van der Waals surface area contributed by atoms with Crippen LogP contribution in [0.4, 0.5) is 4.79 Å². The number of ether oxygens (including phenoxy) is 3. The quantitative estimate of drug-likeness (QED) is 0.0585. The van der Waals surface area contributed by atoms with Crippen molar-refractivity contribution in [2.75, 3.05) is 33.9 Å². The van der Waals surface area contributed by atoms with Crippen molar-refractivity contribution in [3.63, 3.8) is 0 Å². The highest BCUT2D eigenvalue weighted by atomic mass is 16.7. The molecule has 0 aliphatic rings. The molecule has 0 aliphatic carbocycles. The smallest absolute Gasteiger partial charge is 0.466 e. The fourth-order valence-electron chi connectivity index (χ4n) is 5.54. The van der Waals surface area contributed by atoms with Gasteiger partial charge in [0, 0.05) is 19.4 Å². The molecular formula is C36H71NO5. The zero-order valence-corrected chi connectivity index (χ0v) is 28.7. The van der Waals surface area contributed by atoms with Crippen LogP contribution in [0.3, 0.4) is 0 Å². The van der Waals surface area contributed by atoms with E-state index in [1.54, 1.807) is 0 Å². The molecule has 0 aromatic carbocycles. The average Bonchev–Trinajstić information content (AvgIpc) is 2.96. The number of carbonyl (C=O) groups is 2. The largest absolute Gasteiger partial charge is 0.508 e. The zero-order chi connectivity index (χ0) is 31.1. The number of unbranched alkanes of at least 4 members (excludes halogenated alkanes) is 15. The third-order valence-electron chi connectivity index (χ3n) is 8.20. The maximum Gasteiger partial charge on any atom is 0.508 e. The Balaban J connectivity index is 4.92. The summed E-state index contributed by atoms with van der Waals surface area (Å²) in [6.07, 6.45) is 26.5. The monoisotopic (exact) mass is 598 g/mol. The SMILES string of the molecule is CCCCCCCCC(=O)OCCC(CC(CCCCCCCC)CCCCCCCC)OC(=O)OCCCN(C)C. The molecule has 0 saturated carbocycles. The molecule has 0 N–H and O–H groups in total. The van der Waals surface area contributed by atoms with E-state index in [-0.39, 0.29) is 12.1 Å². The second-order valence-electron chi connectivity index (χ2n) is 12.7. The fraction of sp³-hybridized carbons (Fsp3) is 0.944. The van der Waals surface area contributed by atoms with Crippen LogP contribution >= 0.6 is 0 Å². The summed E-state index contributed by atoms with van der Waals surface area (Å²) < 4.78 is 16.8. The topological polar surface area (TPSA) is 65.1 Å². The molecule has 0 aliphatic heterocycles. The Morgan fingerprint density at radius 1 is 0.571 bits per heavy atom. The Labute approximate surface area is 261 Å². The van der Waals surface area contributed by atoms with E-state index >= 15 is 0 Å². The number of hydrogen-bond acceptors (Lipinski definition) is 6. The van der Waals surface area contributed by atoms with Crippen molar-refractivity contribution in [3.05, 3.63) is 0 Å². The third kappa shape index (κ3) is 28.8. The Morgan fingerprint density at radius 2 is 1.07 bits per heavy atom. The van der Waals surface area contributed by atoms with Crippen molar-refractivity contribution in [1.82, 2.24) is 4.90 Å². The summed E-state index contributed by atoms with van der Waals surface area (Å²) in [6.45, 7) is 8.25. The Kier molecular flexibility index (Phi) is 30.2. The molecule has 42 heavy (non-hydrogen) atoms. The van der Waals surface area contributed by atoms with Crippen molar-refractivity contribution in [3.8, 4) is 0 Å². The highest BCUT2D eigenvalue weighted by Crippen LogP contribution is 2.26. The van der Waals surface area contributed by atoms with Crippen molar-refractivity contribution >= 4 is 12.1 Å². The van der Waals surface area contributed by atoms with Gasteiger partial charge in [-0.1, -0.05) is 143 Å². The lowest BCUT2D eigenvalue weighted by atomic mass is 9.88. The molecule has 1 unspecified atom stereocenters. The molecular weight excluding hydrogens is 526 g/mol. The van der Waals surface area contributed by atoms with Crippen LogP contribution < -0.4 is 0 Å². The molecule has 0 saturated heterocycles. The normalized spacial score (nSPS) is 12.2. The molecule has 0 rings (SSSR count). The molecule has 1 atom stereocenters. The predicted octanol–water partition coefficient (Wildman–Crippen LogP) is 10.7. The summed E-state index contributed by atoms with van der Waals surface area (Å²) in [6, 6.07) is 0. The van der Waals surface area contributed by atoms with Crippen LogP contribution in [-0.4, -0.2) is 57.0 Å². The standard InChI is InChI=1S/C36H71NO5/c1-6-9-12-15-18-21-25-33(26-22-19-16-13-10-7-2)32-34(42-36(39)41-30-24-29-37(4)5)28-31-40-35(38)27-23-20-17-14-11-8-3/h33-34H,6-32H2,1-5H3. The van der Waals surface area contributed by atoms with Gasteiger partial charge in [0.25, 0.3) is 0 Å². The van der Waals surface area contributed by atoms with Gasteiger partial charge in [-0.05, 0) is 39.3 Å².